The van der Waals surface area contributed by atoms with Gasteiger partial charge in [0, 0.05) is 32.4 Å². The molecule has 1 aromatic carbocycles. The van der Waals surface area contributed by atoms with Gasteiger partial charge in [0.2, 0.25) is 0 Å². The van der Waals surface area contributed by atoms with Gasteiger partial charge in [-0.05, 0) is 49.4 Å². The minimum atomic E-state index is 0. The molecule has 27 heavy (non-hydrogen) atoms. The number of nitrogens with one attached hydrogen (secondary N) is 2. The lowest BCUT2D eigenvalue weighted by Crippen LogP contribution is -2.38. The molecule has 0 spiro atoms. The Kier molecular flexibility index (Phi) is 9.38. The first-order valence-corrected chi connectivity index (χ1v) is 9.61. The van der Waals surface area contributed by atoms with Crippen molar-refractivity contribution in [2.45, 2.75) is 32.7 Å². The van der Waals surface area contributed by atoms with E-state index in [1.54, 1.807) is 0 Å². The van der Waals surface area contributed by atoms with Crippen molar-refractivity contribution in [2.24, 2.45) is 4.99 Å². The smallest absolute Gasteiger partial charge is 0.191 e. The molecule has 6 heteroatoms. The molecule has 1 aliphatic rings. The Balaban J connectivity index is 0.00000261. The molecule has 5 nitrogen and oxygen atoms in total. The van der Waals surface area contributed by atoms with Crippen LogP contribution in [0.5, 0.6) is 0 Å². The zero-order valence-corrected chi connectivity index (χ0v) is 18.4. The average molecular weight is 479 g/mol. The van der Waals surface area contributed by atoms with Crippen LogP contribution < -0.4 is 15.5 Å². The van der Waals surface area contributed by atoms with E-state index in [1.165, 1.54) is 24.0 Å². The van der Waals surface area contributed by atoms with Gasteiger partial charge in [-0.2, -0.15) is 0 Å². The van der Waals surface area contributed by atoms with Gasteiger partial charge in [-0.25, -0.2) is 9.98 Å². The molecule has 1 aliphatic heterocycles. The average Bonchev–Trinajstić information content (AvgIpc) is 3.22. The molecule has 146 valence electrons. The molecule has 0 aliphatic carbocycles. The fraction of sp³-hybridized carbons (Fsp3) is 0.429. The SMILES string of the molecule is CCNC(=NCc1ccnc(N2CCCC2)c1)NCCc1ccccc1.I. The standard InChI is InChI=1S/C21H29N5.HI/c1-2-22-21(24-13-10-18-8-4-3-5-9-18)25-17-19-11-12-23-20(16-19)26-14-6-7-15-26;/h3-5,8-9,11-12,16H,2,6-7,10,13-15,17H2,1H3,(H2,22,24,25);1H. The fourth-order valence-corrected chi connectivity index (χ4v) is 3.16. The van der Waals surface area contributed by atoms with Gasteiger partial charge in [0.25, 0.3) is 0 Å². The van der Waals surface area contributed by atoms with E-state index < -0.39 is 0 Å². The summed E-state index contributed by atoms with van der Waals surface area (Å²) in [6, 6.07) is 14.7. The Morgan fingerprint density at radius 2 is 1.85 bits per heavy atom. The van der Waals surface area contributed by atoms with Crippen LogP contribution in [-0.2, 0) is 13.0 Å². The number of anilines is 1. The van der Waals surface area contributed by atoms with E-state index in [2.05, 4.69) is 63.8 Å². The normalized spacial score (nSPS) is 14.0. The highest BCUT2D eigenvalue weighted by atomic mass is 127. The van der Waals surface area contributed by atoms with E-state index in [-0.39, 0.29) is 24.0 Å². The van der Waals surface area contributed by atoms with Crippen molar-refractivity contribution in [1.29, 1.82) is 0 Å². The highest BCUT2D eigenvalue weighted by Gasteiger charge is 2.13. The van der Waals surface area contributed by atoms with Gasteiger partial charge in [0.1, 0.15) is 5.82 Å². The van der Waals surface area contributed by atoms with Crippen LogP contribution >= 0.6 is 24.0 Å². The van der Waals surface area contributed by atoms with Gasteiger partial charge in [-0.3, -0.25) is 0 Å². The first-order chi connectivity index (χ1) is 12.8. The third kappa shape index (κ3) is 7.01. The number of nitrogens with zero attached hydrogens (tertiary/aromatic N) is 3. The van der Waals surface area contributed by atoms with E-state index in [9.17, 15) is 0 Å². The Labute approximate surface area is 179 Å². The van der Waals surface area contributed by atoms with Gasteiger partial charge in [0.15, 0.2) is 5.96 Å². The van der Waals surface area contributed by atoms with Crippen LogP contribution in [0.15, 0.2) is 53.7 Å². The van der Waals surface area contributed by atoms with E-state index >= 15 is 0 Å². The Bertz CT molecular complexity index is 699. The predicted molar refractivity (Wildman–Crippen MR) is 124 cm³/mol. The summed E-state index contributed by atoms with van der Waals surface area (Å²) < 4.78 is 0. The van der Waals surface area contributed by atoms with Gasteiger partial charge < -0.3 is 15.5 Å². The third-order valence-electron chi connectivity index (χ3n) is 4.55. The van der Waals surface area contributed by atoms with Crippen molar-refractivity contribution >= 4 is 35.8 Å². The third-order valence-corrected chi connectivity index (χ3v) is 4.55. The Morgan fingerprint density at radius 3 is 2.59 bits per heavy atom. The number of hydrogen-bond acceptors (Lipinski definition) is 3. The fourth-order valence-electron chi connectivity index (χ4n) is 3.16. The lowest BCUT2D eigenvalue weighted by molar-refractivity contribution is 0.799. The summed E-state index contributed by atoms with van der Waals surface area (Å²) >= 11 is 0. The first kappa shape index (κ1) is 21.5. The summed E-state index contributed by atoms with van der Waals surface area (Å²) in [5.41, 5.74) is 2.53. The Morgan fingerprint density at radius 1 is 1.07 bits per heavy atom. The molecule has 3 rings (SSSR count). The van der Waals surface area contributed by atoms with Crippen LogP contribution in [0.25, 0.3) is 0 Å². The summed E-state index contributed by atoms with van der Waals surface area (Å²) in [5.74, 6) is 1.94. The van der Waals surface area contributed by atoms with Crippen molar-refractivity contribution in [3.05, 3.63) is 59.8 Å². The maximum atomic E-state index is 4.73. The highest BCUT2D eigenvalue weighted by Crippen LogP contribution is 2.18. The molecule has 1 fully saturated rings. The number of aliphatic imine (C=N–C) groups is 1. The van der Waals surface area contributed by atoms with Gasteiger partial charge >= 0.3 is 0 Å². The van der Waals surface area contributed by atoms with Crippen molar-refractivity contribution in [3.63, 3.8) is 0 Å². The topological polar surface area (TPSA) is 52.6 Å². The summed E-state index contributed by atoms with van der Waals surface area (Å²) in [7, 11) is 0. The highest BCUT2D eigenvalue weighted by molar-refractivity contribution is 14.0. The number of aromatic nitrogens is 1. The minimum absolute atomic E-state index is 0. The van der Waals surface area contributed by atoms with Crippen LogP contribution in [0, 0.1) is 0 Å². The van der Waals surface area contributed by atoms with Crippen LogP contribution in [0.1, 0.15) is 30.9 Å². The molecule has 0 bridgehead atoms. The zero-order valence-electron chi connectivity index (χ0n) is 16.0. The van der Waals surface area contributed by atoms with Gasteiger partial charge in [-0.15, -0.1) is 24.0 Å². The van der Waals surface area contributed by atoms with Gasteiger partial charge in [0.05, 0.1) is 6.54 Å². The molecule has 1 saturated heterocycles. The molecule has 1 aromatic heterocycles. The molecular weight excluding hydrogens is 449 g/mol. The lowest BCUT2D eigenvalue weighted by Gasteiger charge is -2.16. The van der Waals surface area contributed by atoms with E-state index in [0.717, 1.165) is 44.4 Å². The zero-order chi connectivity index (χ0) is 18.0. The number of hydrogen-bond donors (Lipinski definition) is 2. The number of pyridine rings is 1. The van der Waals surface area contributed by atoms with Gasteiger partial charge in [-0.1, -0.05) is 30.3 Å². The molecule has 0 saturated carbocycles. The summed E-state index contributed by atoms with van der Waals surface area (Å²) in [5, 5.41) is 6.74. The number of rotatable bonds is 7. The maximum Gasteiger partial charge on any atom is 0.191 e. The van der Waals surface area contributed by atoms with Crippen molar-refractivity contribution < 1.29 is 0 Å². The quantitative estimate of drug-likeness (QED) is 0.362. The summed E-state index contributed by atoms with van der Waals surface area (Å²) in [4.78, 5) is 11.6. The Hall–Kier alpha value is -1.83. The van der Waals surface area contributed by atoms with Crippen LogP contribution in [-0.4, -0.2) is 37.1 Å². The monoisotopic (exact) mass is 479 g/mol. The molecule has 2 N–H and O–H groups in total. The van der Waals surface area contributed by atoms with Crippen LogP contribution in [0.3, 0.4) is 0 Å². The second-order valence-corrected chi connectivity index (χ2v) is 6.57. The number of guanidine groups is 1. The van der Waals surface area contributed by atoms with Crippen molar-refractivity contribution in [3.8, 4) is 0 Å². The van der Waals surface area contributed by atoms with Crippen LogP contribution in [0.4, 0.5) is 5.82 Å². The van der Waals surface area contributed by atoms with E-state index in [4.69, 9.17) is 4.99 Å². The number of halogens is 1. The maximum absolute atomic E-state index is 4.73. The molecule has 2 heterocycles. The molecular formula is C21H30IN5. The molecule has 0 amide bonds. The lowest BCUT2D eigenvalue weighted by atomic mass is 10.1. The van der Waals surface area contributed by atoms with Crippen molar-refractivity contribution in [2.75, 3.05) is 31.1 Å². The van der Waals surface area contributed by atoms with E-state index in [1.807, 2.05) is 12.3 Å². The summed E-state index contributed by atoms with van der Waals surface area (Å²) in [6.45, 7) is 6.70. The molecule has 0 atom stereocenters. The van der Waals surface area contributed by atoms with E-state index in [0.29, 0.717) is 6.54 Å². The predicted octanol–water partition coefficient (Wildman–Crippen LogP) is 3.60. The molecule has 0 radical (unpaired) electrons. The summed E-state index contributed by atoms with van der Waals surface area (Å²) in [6.07, 6.45) is 5.41. The first-order valence-electron chi connectivity index (χ1n) is 9.61. The second-order valence-electron chi connectivity index (χ2n) is 6.57. The number of benzene rings is 1. The second kappa shape index (κ2) is 11.8. The van der Waals surface area contributed by atoms with Crippen molar-refractivity contribution in [1.82, 2.24) is 15.6 Å². The minimum Gasteiger partial charge on any atom is -0.357 e. The largest absolute Gasteiger partial charge is 0.357 e. The van der Waals surface area contributed by atoms with Crippen LogP contribution in [0.2, 0.25) is 0 Å². The molecule has 0 unspecified atom stereocenters. The molecule has 2 aromatic rings.